The van der Waals surface area contributed by atoms with E-state index in [9.17, 15) is 9.50 Å². The molecule has 1 aromatic carbocycles. The minimum Gasteiger partial charge on any atom is -0.491 e. The Labute approximate surface area is 214 Å². The highest BCUT2D eigenvalue weighted by molar-refractivity contribution is 5.64. The van der Waals surface area contributed by atoms with Gasteiger partial charge in [0.2, 0.25) is 0 Å². The van der Waals surface area contributed by atoms with Crippen LogP contribution in [0.5, 0.6) is 5.75 Å². The molecule has 9 heteroatoms. The van der Waals surface area contributed by atoms with Crippen LogP contribution in [0.15, 0.2) is 30.3 Å². The van der Waals surface area contributed by atoms with Gasteiger partial charge in [-0.05, 0) is 32.0 Å². The van der Waals surface area contributed by atoms with E-state index < -0.39 is 6.10 Å². The third-order valence-electron chi connectivity index (χ3n) is 7.25. The molecule has 0 radical (unpaired) electrons. The molecule has 198 valence electrons. The molecule has 36 heavy (non-hydrogen) atoms. The number of aliphatic hydroxyl groups excluding tert-OH is 1. The second-order valence-electron chi connectivity index (χ2n) is 9.88. The van der Waals surface area contributed by atoms with Crippen LogP contribution in [0.1, 0.15) is 32.1 Å². The van der Waals surface area contributed by atoms with Crippen LogP contribution in [-0.2, 0) is 0 Å². The summed E-state index contributed by atoms with van der Waals surface area (Å²) in [5, 5.41) is 13.0. The van der Waals surface area contributed by atoms with Gasteiger partial charge in [-0.2, -0.15) is 0 Å². The molecule has 0 amide bonds. The van der Waals surface area contributed by atoms with Crippen molar-refractivity contribution in [3.05, 3.63) is 30.3 Å². The maximum atomic E-state index is 12.8. The summed E-state index contributed by atoms with van der Waals surface area (Å²) >= 11 is 0. The molecule has 1 aliphatic carbocycles. The van der Waals surface area contributed by atoms with Crippen molar-refractivity contribution in [2.24, 2.45) is 0 Å². The fourth-order valence-corrected chi connectivity index (χ4v) is 5.08. The number of aromatic nitrogens is 2. The van der Waals surface area contributed by atoms with E-state index in [1.54, 1.807) is 7.05 Å². The molecule has 1 saturated heterocycles. The predicted molar refractivity (Wildman–Crippen MR) is 143 cm³/mol. The molecular weight excluding hydrogens is 459 g/mol. The summed E-state index contributed by atoms with van der Waals surface area (Å²) in [6.45, 7) is 4.16. The lowest BCUT2D eigenvalue weighted by Gasteiger charge is -2.36. The van der Waals surface area contributed by atoms with Crippen LogP contribution in [0.4, 0.5) is 16.0 Å². The number of ether oxygens (including phenoxy) is 1. The molecule has 8 nitrogen and oxygen atoms in total. The van der Waals surface area contributed by atoms with Crippen molar-refractivity contribution in [1.29, 1.82) is 0 Å². The zero-order chi connectivity index (χ0) is 25.3. The number of alkyl halides is 1. The highest BCUT2D eigenvalue weighted by Gasteiger charge is 2.24. The minimum absolute atomic E-state index is 0.212. The maximum Gasteiger partial charge on any atom is 0.163 e. The van der Waals surface area contributed by atoms with Crippen LogP contribution in [0.3, 0.4) is 0 Å². The zero-order valence-electron chi connectivity index (χ0n) is 21.7. The fourth-order valence-electron chi connectivity index (χ4n) is 5.08. The largest absolute Gasteiger partial charge is 0.491 e. The quantitative estimate of drug-likeness (QED) is 0.488. The monoisotopic (exact) mass is 500 g/mol. The summed E-state index contributed by atoms with van der Waals surface area (Å²) in [6.07, 6.45) is 5.62. The van der Waals surface area contributed by atoms with Crippen LogP contribution in [-0.4, -0.2) is 98.8 Å². The van der Waals surface area contributed by atoms with Gasteiger partial charge in [0.25, 0.3) is 0 Å². The average Bonchev–Trinajstić information content (AvgIpc) is 2.93. The van der Waals surface area contributed by atoms with Crippen molar-refractivity contribution in [3.63, 3.8) is 0 Å². The lowest BCUT2D eigenvalue weighted by atomic mass is 9.94. The van der Waals surface area contributed by atoms with E-state index >= 15 is 0 Å². The Kier molecular flexibility index (Phi) is 9.72. The average molecular weight is 501 g/mol. The summed E-state index contributed by atoms with van der Waals surface area (Å²) < 4.78 is 18.7. The van der Waals surface area contributed by atoms with Gasteiger partial charge in [0.15, 0.2) is 5.82 Å². The Bertz CT molecular complexity index is 950. The topological polar surface area (TPSA) is 77.0 Å². The van der Waals surface area contributed by atoms with E-state index in [0.717, 1.165) is 43.4 Å². The van der Waals surface area contributed by atoms with Gasteiger partial charge in [0.05, 0.1) is 0 Å². The number of hydrogen-bond acceptors (Lipinski definition) is 8. The van der Waals surface area contributed by atoms with Crippen LogP contribution in [0.2, 0.25) is 0 Å². The second kappa shape index (κ2) is 13.2. The molecule has 1 saturated carbocycles. The number of piperazine rings is 1. The van der Waals surface area contributed by atoms with Crippen molar-refractivity contribution in [3.8, 4) is 17.1 Å². The normalized spacial score (nSPS) is 18.3. The Hall–Kier alpha value is -2.49. The highest BCUT2D eigenvalue weighted by Crippen LogP contribution is 2.30. The lowest BCUT2D eigenvalue weighted by Crippen LogP contribution is -2.47. The van der Waals surface area contributed by atoms with Gasteiger partial charge < -0.3 is 25.0 Å². The Morgan fingerprint density at radius 2 is 1.92 bits per heavy atom. The SMILES string of the molecule is CNCC(O)COc1cccc(-c2nc(N3CCN(CCF)CC3)cc(N(C)C3CCCCC3)n2)c1. The Balaban J connectivity index is 1.59. The molecule has 0 bridgehead atoms. The molecule has 2 heterocycles. The Morgan fingerprint density at radius 3 is 2.64 bits per heavy atom. The zero-order valence-corrected chi connectivity index (χ0v) is 21.7. The lowest BCUT2D eigenvalue weighted by molar-refractivity contribution is 0.108. The number of aliphatic hydroxyl groups is 1. The number of halogens is 1. The number of hydrogen-bond donors (Lipinski definition) is 2. The number of benzene rings is 1. The van der Waals surface area contributed by atoms with Crippen molar-refractivity contribution < 1.29 is 14.2 Å². The molecule has 1 atom stereocenters. The molecule has 1 aromatic heterocycles. The van der Waals surface area contributed by atoms with Crippen LogP contribution in [0.25, 0.3) is 11.4 Å². The first-order chi connectivity index (χ1) is 17.6. The smallest absolute Gasteiger partial charge is 0.163 e. The molecule has 2 N–H and O–H groups in total. The standard InChI is InChI=1S/C27H41FN6O2/c1-29-19-23(35)20-36-24-10-6-7-21(17-24)27-30-25(32(2)22-8-4-3-5-9-22)18-26(31-27)34-15-13-33(12-11-28)14-16-34/h6-7,10,17-18,22-23,29,35H,3-5,8-9,11-16,19-20H2,1-2H3. The van der Waals surface area contributed by atoms with Crippen LogP contribution in [0, 0.1) is 0 Å². The summed E-state index contributed by atoms with van der Waals surface area (Å²) in [4.78, 5) is 16.7. The fraction of sp³-hybridized carbons (Fsp3) is 0.630. The maximum absolute atomic E-state index is 12.8. The highest BCUT2D eigenvalue weighted by atomic mass is 19.1. The molecule has 1 unspecified atom stereocenters. The number of nitrogens with zero attached hydrogens (tertiary/aromatic N) is 5. The number of likely N-dealkylation sites (N-methyl/N-ethyl adjacent to an activating group) is 1. The molecule has 2 fully saturated rings. The Morgan fingerprint density at radius 1 is 1.14 bits per heavy atom. The molecule has 2 aliphatic rings. The van der Waals surface area contributed by atoms with Crippen molar-refractivity contribution >= 4 is 11.6 Å². The molecule has 1 aliphatic heterocycles. The summed E-state index contributed by atoms with van der Waals surface area (Å²) in [5.41, 5.74) is 0.881. The van der Waals surface area contributed by atoms with E-state index in [0.29, 0.717) is 30.7 Å². The minimum atomic E-state index is -0.579. The van der Waals surface area contributed by atoms with E-state index in [1.807, 2.05) is 24.3 Å². The van der Waals surface area contributed by atoms with Crippen LogP contribution >= 0.6 is 0 Å². The van der Waals surface area contributed by atoms with E-state index in [1.165, 1.54) is 32.1 Å². The van der Waals surface area contributed by atoms with E-state index in [4.69, 9.17) is 14.7 Å². The molecule has 4 rings (SSSR count). The van der Waals surface area contributed by atoms with Gasteiger partial charge in [-0.15, -0.1) is 0 Å². The molecule has 0 spiro atoms. The van der Waals surface area contributed by atoms with Gasteiger partial charge in [-0.25, -0.2) is 14.4 Å². The van der Waals surface area contributed by atoms with Gasteiger partial charge >= 0.3 is 0 Å². The van der Waals surface area contributed by atoms with E-state index in [-0.39, 0.29) is 13.3 Å². The first-order valence-corrected chi connectivity index (χ1v) is 13.3. The van der Waals surface area contributed by atoms with Gasteiger partial charge in [-0.1, -0.05) is 31.4 Å². The third-order valence-corrected chi connectivity index (χ3v) is 7.25. The van der Waals surface area contributed by atoms with Gasteiger partial charge in [-0.3, -0.25) is 4.90 Å². The second-order valence-corrected chi connectivity index (χ2v) is 9.88. The van der Waals surface area contributed by atoms with Gasteiger partial charge in [0, 0.05) is 64.0 Å². The van der Waals surface area contributed by atoms with Crippen LogP contribution < -0.4 is 19.9 Å². The van der Waals surface area contributed by atoms with E-state index in [2.05, 4.69) is 33.1 Å². The van der Waals surface area contributed by atoms with Crippen molar-refractivity contribution in [1.82, 2.24) is 20.2 Å². The molecule has 2 aromatic rings. The van der Waals surface area contributed by atoms with Crippen molar-refractivity contribution in [2.75, 3.05) is 76.4 Å². The number of nitrogens with one attached hydrogen (secondary N) is 1. The first kappa shape index (κ1) is 26.6. The number of rotatable bonds is 11. The molecular formula is C27H41FN6O2. The summed E-state index contributed by atoms with van der Waals surface area (Å²) in [5.74, 6) is 3.19. The summed E-state index contributed by atoms with van der Waals surface area (Å²) in [6, 6.07) is 10.4. The third kappa shape index (κ3) is 7.05. The van der Waals surface area contributed by atoms with Gasteiger partial charge in [0.1, 0.15) is 36.8 Å². The van der Waals surface area contributed by atoms with Crippen molar-refractivity contribution in [2.45, 2.75) is 44.2 Å². The predicted octanol–water partition coefficient (Wildman–Crippen LogP) is 2.96. The summed E-state index contributed by atoms with van der Waals surface area (Å²) in [7, 11) is 3.95. The first-order valence-electron chi connectivity index (χ1n) is 13.3. The number of anilines is 2.